The molecule has 0 atom stereocenters. The lowest BCUT2D eigenvalue weighted by molar-refractivity contribution is 0.252. The van der Waals surface area contributed by atoms with Crippen LogP contribution >= 0.6 is 11.6 Å². The van der Waals surface area contributed by atoms with E-state index in [0.717, 1.165) is 16.3 Å². The number of rotatable bonds is 3. The second-order valence-electron chi connectivity index (χ2n) is 4.94. The fraction of sp³-hybridized carbons (Fsp3) is 0. The number of nitrogens with zero attached hydrogens (tertiary/aromatic N) is 1. The number of amides is 2. The lowest BCUT2D eigenvalue weighted by Crippen LogP contribution is -2.24. The van der Waals surface area contributed by atoms with Crippen LogP contribution in [0.3, 0.4) is 0 Å². The second kappa shape index (κ2) is 6.94. The van der Waals surface area contributed by atoms with Crippen molar-refractivity contribution >= 4 is 40.3 Å². The van der Waals surface area contributed by atoms with Gasteiger partial charge >= 0.3 is 6.03 Å². The molecule has 0 aliphatic heterocycles. The van der Waals surface area contributed by atoms with Gasteiger partial charge in [-0.05, 0) is 40.6 Å². The number of anilines is 1. The Morgan fingerprint density at radius 1 is 0.957 bits per heavy atom. The fourth-order valence-electron chi connectivity index (χ4n) is 2.14. The number of hydrogen-bond donors (Lipinski definition) is 2. The van der Waals surface area contributed by atoms with Gasteiger partial charge in [0.05, 0.1) is 6.21 Å². The van der Waals surface area contributed by atoms with Crippen molar-refractivity contribution in [2.24, 2.45) is 5.10 Å². The molecule has 3 rings (SSSR count). The van der Waals surface area contributed by atoms with Crippen molar-refractivity contribution in [1.29, 1.82) is 0 Å². The summed E-state index contributed by atoms with van der Waals surface area (Å²) in [5, 5.41) is 9.49. The minimum absolute atomic E-state index is 0.398. The zero-order chi connectivity index (χ0) is 16.1. The Labute approximate surface area is 138 Å². The highest BCUT2D eigenvalue weighted by atomic mass is 35.5. The van der Waals surface area contributed by atoms with Gasteiger partial charge in [0.25, 0.3) is 0 Å². The van der Waals surface area contributed by atoms with Crippen LogP contribution in [0.2, 0.25) is 5.02 Å². The molecule has 0 fully saturated rings. The van der Waals surface area contributed by atoms with Gasteiger partial charge in [-0.1, -0.05) is 54.1 Å². The third-order valence-corrected chi connectivity index (χ3v) is 3.51. The maximum atomic E-state index is 11.8. The number of hydrogen-bond acceptors (Lipinski definition) is 2. The molecule has 3 aromatic carbocycles. The number of nitrogens with one attached hydrogen (secondary N) is 2. The van der Waals surface area contributed by atoms with Crippen LogP contribution in [0.4, 0.5) is 10.5 Å². The summed E-state index contributed by atoms with van der Waals surface area (Å²) in [6, 6.07) is 20.4. The van der Waals surface area contributed by atoms with Crippen molar-refractivity contribution in [2.45, 2.75) is 0 Å². The summed E-state index contributed by atoms with van der Waals surface area (Å²) in [6.45, 7) is 0. The van der Waals surface area contributed by atoms with E-state index < -0.39 is 6.03 Å². The molecule has 2 N–H and O–H groups in total. The number of urea groups is 1. The van der Waals surface area contributed by atoms with Crippen molar-refractivity contribution in [2.75, 3.05) is 5.32 Å². The number of benzene rings is 3. The van der Waals surface area contributed by atoms with Gasteiger partial charge < -0.3 is 5.32 Å². The topological polar surface area (TPSA) is 53.5 Å². The van der Waals surface area contributed by atoms with Gasteiger partial charge in [0.1, 0.15) is 0 Å². The van der Waals surface area contributed by atoms with Gasteiger partial charge in [-0.3, -0.25) is 0 Å². The van der Waals surface area contributed by atoms with Crippen molar-refractivity contribution in [1.82, 2.24) is 5.43 Å². The average Bonchev–Trinajstić information content (AvgIpc) is 2.56. The normalized spacial score (nSPS) is 10.8. The Morgan fingerprint density at radius 2 is 1.70 bits per heavy atom. The molecule has 0 saturated carbocycles. The van der Waals surface area contributed by atoms with Crippen LogP contribution in [0.1, 0.15) is 5.56 Å². The first-order chi connectivity index (χ1) is 11.2. The lowest BCUT2D eigenvalue weighted by atomic mass is 10.1. The predicted molar refractivity (Wildman–Crippen MR) is 95.1 cm³/mol. The van der Waals surface area contributed by atoms with E-state index in [4.69, 9.17) is 11.6 Å². The van der Waals surface area contributed by atoms with Crippen molar-refractivity contribution in [3.63, 3.8) is 0 Å². The average molecular weight is 324 g/mol. The summed E-state index contributed by atoms with van der Waals surface area (Å²) in [4.78, 5) is 11.8. The van der Waals surface area contributed by atoms with Crippen LogP contribution in [0.25, 0.3) is 10.8 Å². The molecule has 23 heavy (non-hydrogen) atoms. The Balaban J connectivity index is 1.60. The molecule has 0 bridgehead atoms. The van der Waals surface area contributed by atoms with E-state index >= 15 is 0 Å². The van der Waals surface area contributed by atoms with E-state index in [-0.39, 0.29) is 0 Å². The Morgan fingerprint density at radius 3 is 2.48 bits per heavy atom. The highest BCUT2D eigenvalue weighted by molar-refractivity contribution is 6.30. The largest absolute Gasteiger partial charge is 0.339 e. The summed E-state index contributed by atoms with van der Waals surface area (Å²) < 4.78 is 0. The van der Waals surface area contributed by atoms with E-state index in [0.29, 0.717) is 10.7 Å². The molecule has 114 valence electrons. The first-order valence-electron chi connectivity index (χ1n) is 7.05. The standard InChI is InChI=1S/C18H14ClN3O/c19-16-8-5-13(6-9-16)12-20-22-18(23)21-17-10-7-14-3-1-2-4-15(14)11-17/h1-12H,(H2,21,22,23)/b20-12-. The SMILES string of the molecule is O=C(N/N=C\c1ccc(Cl)cc1)Nc1ccc2ccccc2c1. The molecular weight excluding hydrogens is 310 g/mol. The summed E-state index contributed by atoms with van der Waals surface area (Å²) in [5.74, 6) is 0. The molecule has 0 aliphatic rings. The summed E-state index contributed by atoms with van der Waals surface area (Å²) in [6.07, 6.45) is 1.55. The van der Waals surface area contributed by atoms with Crippen molar-refractivity contribution in [3.05, 3.63) is 77.3 Å². The van der Waals surface area contributed by atoms with Crippen molar-refractivity contribution < 1.29 is 4.79 Å². The van der Waals surface area contributed by atoms with E-state index in [1.54, 1.807) is 18.3 Å². The molecule has 0 saturated heterocycles. The number of carbonyl (C=O) groups excluding carboxylic acids is 1. The lowest BCUT2D eigenvalue weighted by Gasteiger charge is -2.05. The highest BCUT2D eigenvalue weighted by Gasteiger charge is 2.01. The molecule has 0 radical (unpaired) electrons. The van der Waals surface area contributed by atoms with Crippen LogP contribution in [0.5, 0.6) is 0 Å². The molecule has 0 aromatic heterocycles. The van der Waals surface area contributed by atoms with Gasteiger partial charge in [0.2, 0.25) is 0 Å². The number of carbonyl (C=O) groups is 1. The molecule has 2 amide bonds. The number of hydrazone groups is 1. The van der Waals surface area contributed by atoms with Crippen LogP contribution in [-0.2, 0) is 0 Å². The number of halogens is 1. The summed E-state index contributed by atoms with van der Waals surface area (Å²) >= 11 is 5.80. The predicted octanol–water partition coefficient (Wildman–Crippen LogP) is 4.65. The molecule has 0 spiro atoms. The Hall–Kier alpha value is -2.85. The molecule has 0 heterocycles. The van der Waals surface area contributed by atoms with Crippen LogP contribution < -0.4 is 10.7 Å². The van der Waals surface area contributed by atoms with Crippen LogP contribution in [0, 0.1) is 0 Å². The van der Waals surface area contributed by atoms with E-state index in [2.05, 4.69) is 15.8 Å². The summed E-state index contributed by atoms with van der Waals surface area (Å²) in [5.41, 5.74) is 3.99. The molecule has 5 heteroatoms. The Kier molecular flexibility index (Phi) is 4.54. The van der Waals surface area contributed by atoms with Crippen LogP contribution in [-0.4, -0.2) is 12.2 Å². The first kappa shape index (κ1) is 15.1. The van der Waals surface area contributed by atoms with Gasteiger partial charge in [-0.25, -0.2) is 10.2 Å². The fourth-order valence-corrected chi connectivity index (χ4v) is 2.27. The second-order valence-corrected chi connectivity index (χ2v) is 5.37. The molecular formula is C18H14ClN3O. The quantitative estimate of drug-likeness (QED) is 0.535. The smallest absolute Gasteiger partial charge is 0.307 e. The minimum atomic E-state index is -0.398. The van der Waals surface area contributed by atoms with Gasteiger partial charge in [-0.15, -0.1) is 0 Å². The van der Waals surface area contributed by atoms with E-state index in [1.807, 2.05) is 54.6 Å². The molecule has 3 aromatic rings. The van der Waals surface area contributed by atoms with Crippen molar-refractivity contribution in [3.8, 4) is 0 Å². The maximum absolute atomic E-state index is 11.8. The van der Waals surface area contributed by atoms with Gasteiger partial charge in [0, 0.05) is 10.7 Å². The maximum Gasteiger partial charge on any atom is 0.339 e. The van der Waals surface area contributed by atoms with Gasteiger partial charge in [0.15, 0.2) is 0 Å². The van der Waals surface area contributed by atoms with E-state index in [9.17, 15) is 4.79 Å². The third kappa shape index (κ3) is 4.08. The zero-order valence-corrected chi connectivity index (χ0v) is 12.9. The monoisotopic (exact) mass is 323 g/mol. The van der Waals surface area contributed by atoms with E-state index in [1.165, 1.54) is 0 Å². The number of fused-ring (bicyclic) bond motifs is 1. The van der Waals surface area contributed by atoms with Crippen LogP contribution in [0.15, 0.2) is 71.8 Å². The minimum Gasteiger partial charge on any atom is -0.307 e. The molecule has 0 unspecified atom stereocenters. The van der Waals surface area contributed by atoms with Gasteiger partial charge in [-0.2, -0.15) is 5.10 Å². The molecule has 0 aliphatic carbocycles. The Bertz CT molecular complexity index is 860. The highest BCUT2D eigenvalue weighted by Crippen LogP contribution is 2.18. The molecule has 4 nitrogen and oxygen atoms in total. The zero-order valence-electron chi connectivity index (χ0n) is 12.2. The summed E-state index contributed by atoms with van der Waals surface area (Å²) in [7, 11) is 0. The first-order valence-corrected chi connectivity index (χ1v) is 7.43. The third-order valence-electron chi connectivity index (χ3n) is 3.26.